The third kappa shape index (κ3) is 4.06. The van der Waals surface area contributed by atoms with Crippen molar-refractivity contribution in [2.75, 3.05) is 39.8 Å². The summed E-state index contributed by atoms with van der Waals surface area (Å²) in [6.45, 7) is 4.63. The van der Waals surface area contributed by atoms with Crippen LogP contribution in [-0.2, 0) is 9.59 Å². The maximum Gasteiger partial charge on any atom is 0.245 e. The smallest absolute Gasteiger partial charge is 0.245 e. The molecule has 2 heterocycles. The number of ether oxygens (including phenoxy) is 1. The minimum absolute atomic E-state index is 0.0338. The predicted octanol–water partition coefficient (Wildman–Crippen LogP) is 1.41. The number of carbonyl (C=O) groups is 2. The molecule has 1 aromatic rings. The number of carbonyl (C=O) groups excluding carboxylic acids is 2. The fraction of sp³-hybridized carbons (Fsp3) is 0.550. The molecule has 7 heteroatoms. The van der Waals surface area contributed by atoms with E-state index in [0.717, 1.165) is 24.2 Å². The van der Waals surface area contributed by atoms with E-state index in [0.29, 0.717) is 32.7 Å². The Bertz CT molecular complexity index is 720. The van der Waals surface area contributed by atoms with Gasteiger partial charge in [0.25, 0.3) is 0 Å². The molecule has 3 rings (SSSR count). The summed E-state index contributed by atoms with van der Waals surface area (Å²) in [6, 6.07) is 9.25. The van der Waals surface area contributed by atoms with Crippen molar-refractivity contribution in [2.45, 2.75) is 31.8 Å². The van der Waals surface area contributed by atoms with E-state index in [1.165, 1.54) is 6.92 Å². The van der Waals surface area contributed by atoms with Crippen molar-refractivity contribution >= 4 is 11.8 Å². The fourth-order valence-corrected chi connectivity index (χ4v) is 3.96. The second-order valence-corrected chi connectivity index (χ2v) is 7.04. The van der Waals surface area contributed by atoms with Gasteiger partial charge in [-0.1, -0.05) is 12.1 Å². The molecule has 0 saturated carbocycles. The van der Waals surface area contributed by atoms with Crippen molar-refractivity contribution in [2.24, 2.45) is 0 Å². The fourth-order valence-electron chi connectivity index (χ4n) is 3.96. The Balaban J connectivity index is 1.61. The van der Waals surface area contributed by atoms with Crippen molar-refractivity contribution < 1.29 is 14.3 Å². The SMILES string of the molecule is COc1ccc(C(C#N)N2CCN(C(=O)C3CCCN3C(C)=O)CC2)cc1. The van der Waals surface area contributed by atoms with Crippen LogP contribution in [0.1, 0.15) is 31.4 Å². The first kappa shape index (κ1) is 19.2. The highest BCUT2D eigenvalue weighted by molar-refractivity contribution is 5.87. The summed E-state index contributed by atoms with van der Waals surface area (Å²) in [5, 5.41) is 9.65. The van der Waals surface area contributed by atoms with Crippen molar-refractivity contribution in [1.82, 2.24) is 14.7 Å². The number of benzene rings is 1. The van der Waals surface area contributed by atoms with Gasteiger partial charge >= 0.3 is 0 Å². The molecule has 144 valence electrons. The second kappa shape index (κ2) is 8.40. The summed E-state index contributed by atoms with van der Waals surface area (Å²) in [6.07, 6.45) is 1.62. The molecule has 1 aromatic carbocycles. The summed E-state index contributed by atoms with van der Waals surface area (Å²) in [5.41, 5.74) is 0.927. The van der Waals surface area contributed by atoms with Gasteiger partial charge in [0.2, 0.25) is 11.8 Å². The zero-order valence-corrected chi connectivity index (χ0v) is 15.9. The molecule has 0 aliphatic carbocycles. The first-order valence-corrected chi connectivity index (χ1v) is 9.38. The standard InChI is InChI=1S/C20H26N4O3/c1-15(25)24-9-3-4-18(24)20(26)23-12-10-22(11-13-23)19(14-21)16-5-7-17(27-2)8-6-16/h5-8,18-19H,3-4,9-13H2,1-2H3. The largest absolute Gasteiger partial charge is 0.497 e. The van der Waals surface area contributed by atoms with E-state index < -0.39 is 0 Å². The third-order valence-electron chi connectivity index (χ3n) is 5.49. The first-order chi connectivity index (χ1) is 13.0. The van der Waals surface area contributed by atoms with Gasteiger partial charge < -0.3 is 14.5 Å². The molecule has 2 aliphatic rings. The van der Waals surface area contributed by atoms with Gasteiger partial charge in [-0.15, -0.1) is 0 Å². The average Bonchev–Trinajstić information content (AvgIpc) is 3.19. The maximum atomic E-state index is 12.8. The third-order valence-corrected chi connectivity index (χ3v) is 5.49. The lowest BCUT2D eigenvalue weighted by Gasteiger charge is -2.38. The van der Waals surface area contributed by atoms with Gasteiger partial charge in [0.1, 0.15) is 17.8 Å². The number of piperazine rings is 1. The van der Waals surface area contributed by atoms with Crippen LogP contribution in [0, 0.1) is 11.3 Å². The first-order valence-electron chi connectivity index (χ1n) is 9.38. The highest BCUT2D eigenvalue weighted by atomic mass is 16.5. The van der Waals surface area contributed by atoms with Crippen molar-refractivity contribution in [1.29, 1.82) is 5.26 Å². The second-order valence-electron chi connectivity index (χ2n) is 7.04. The van der Waals surface area contributed by atoms with Crippen molar-refractivity contribution in [3.8, 4) is 11.8 Å². The molecule has 2 unspecified atom stereocenters. The van der Waals surface area contributed by atoms with Gasteiger partial charge in [-0.25, -0.2) is 0 Å². The molecule has 0 radical (unpaired) electrons. The van der Waals surface area contributed by atoms with Crippen molar-refractivity contribution in [3.63, 3.8) is 0 Å². The van der Waals surface area contributed by atoms with Crippen LogP contribution in [0.4, 0.5) is 0 Å². The number of methoxy groups -OCH3 is 1. The van der Waals surface area contributed by atoms with E-state index in [2.05, 4.69) is 11.0 Å². The van der Waals surface area contributed by atoms with Gasteiger partial charge in [0, 0.05) is 39.6 Å². The molecule has 2 amide bonds. The highest BCUT2D eigenvalue weighted by Crippen LogP contribution is 2.25. The van der Waals surface area contributed by atoms with Crippen LogP contribution in [0.5, 0.6) is 5.75 Å². The molecular weight excluding hydrogens is 344 g/mol. The topological polar surface area (TPSA) is 76.9 Å². The van der Waals surface area contributed by atoms with Gasteiger partial charge in [0.15, 0.2) is 0 Å². The lowest BCUT2D eigenvalue weighted by atomic mass is 10.0. The van der Waals surface area contributed by atoms with Gasteiger partial charge in [-0.05, 0) is 30.5 Å². The summed E-state index contributed by atoms with van der Waals surface area (Å²) in [5.74, 6) is 0.770. The Morgan fingerprint density at radius 2 is 1.81 bits per heavy atom. The summed E-state index contributed by atoms with van der Waals surface area (Å²) in [7, 11) is 1.62. The van der Waals surface area contributed by atoms with E-state index in [4.69, 9.17) is 4.74 Å². The van der Waals surface area contributed by atoms with Gasteiger partial charge in [-0.2, -0.15) is 5.26 Å². The minimum Gasteiger partial charge on any atom is -0.497 e. The number of hydrogen-bond donors (Lipinski definition) is 0. The van der Waals surface area contributed by atoms with Gasteiger partial charge in [-0.3, -0.25) is 14.5 Å². The van der Waals surface area contributed by atoms with Crippen LogP contribution in [0.15, 0.2) is 24.3 Å². The number of likely N-dealkylation sites (tertiary alicyclic amines) is 1. The predicted molar refractivity (Wildman–Crippen MR) is 99.9 cm³/mol. The molecule has 2 fully saturated rings. The highest BCUT2D eigenvalue weighted by Gasteiger charge is 2.36. The van der Waals surface area contributed by atoms with Crippen LogP contribution < -0.4 is 4.74 Å². The lowest BCUT2D eigenvalue weighted by Crippen LogP contribution is -2.54. The molecule has 0 aromatic heterocycles. The molecule has 0 spiro atoms. The van der Waals surface area contributed by atoms with E-state index in [9.17, 15) is 14.9 Å². The van der Waals surface area contributed by atoms with E-state index in [1.807, 2.05) is 29.2 Å². The van der Waals surface area contributed by atoms with Crippen LogP contribution in [0.3, 0.4) is 0 Å². The summed E-state index contributed by atoms with van der Waals surface area (Å²) < 4.78 is 5.17. The molecule has 2 saturated heterocycles. The molecule has 0 N–H and O–H groups in total. The van der Waals surface area contributed by atoms with Crippen molar-refractivity contribution in [3.05, 3.63) is 29.8 Å². The molecule has 7 nitrogen and oxygen atoms in total. The number of nitrogens with zero attached hydrogens (tertiary/aromatic N) is 4. The van der Waals surface area contributed by atoms with Gasteiger partial charge in [0.05, 0.1) is 13.2 Å². The maximum absolute atomic E-state index is 12.8. The number of nitriles is 1. The Labute approximate surface area is 160 Å². The van der Waals surface area contributed by atoms with E-state index in [1.54, 1.807) is 12.0 Å². The van der Waals surface area contributed by atoms with E-state index in [-0.39, 0.29) is 23.9 Å². The van der Waals surface area contributed by atoms with Crippen LogP contribution in [0.25, 0.3) is 0 Å². The Morgan fingerprint density at radius 3 is 2.37 bits per heavy atom. The van der Waals surface area contributed by atoms with Crippen LogP contribution in [0.2, 0.25) is 0 Å². The monoisotopic (exact) mass is 370 g/mol. The molecular formula is C20H26N4O3. The lowest BCUT2D eigenvalue weighted by molar-refractivity contribution is -0.144. The molecule has 2 atom stereocenters. The average molecular weight is 370 g/mol. The Morgan fingerprint density at radius 1 is 1.15 bits per heavy atom. The number of amides is 2. The Hall–Kier alpha value is -2.59. The van der Waals surface area contributed by atoms with Crippen LogP contribution >= 0.6 is 0 Å². The quantitative estimate of drug-likeness (QED) is 0.801. The summed E-state index contributed by atoms with van der Waals surface area (Å²) in [4.78, 5) is 30.2. The molecule has 0 bridgehead atoms. The van der Waals surface area contributed by atoms with Crippen LogP contribution in [-0.4, -0.2) is 72.4 Å². The summed E-state index contributed by atoms with van der Waals surface area (Å²) >= 11 is 0. The normalized spacial score (nSPS) is 21.6. The minimum atomic E-state index is -0.339. The number of rotatable bonds is 4. The zero-order valence-electron chi connectivity index (χ0n) is 15.9. The zero-order chi connectivity index (χ0) is 19.4. The Kier molecular flexibility index (Phi) is 5.97. The number of hydrogen-bond acceptors (Lipinski definition) is 5. The molecule has 27 heavy (non-hydrogen) atoms. The van der Waals surface area contributed by atoms with E-state index >= 15 is 0 Å². The molecule has 2 aliphatic heterocycles.